The number of likely N-dealkylation sites (N-methyl/N-ethyl adjacent to an activating group) is 1. The van der Waals surface area contributed by atoms with Crippen LogP contribution in [0, 0.1) is 5.82 Å². The maximum absolute atomic E-state index is 13.3. The zero-order valence-electron chi connectivity index (χ0n) is 18.6. The number of fused-ring (bicyclic) bond motifs is 1. The molecule has 0 atom stereocenters. The fourth-order valence-electron chi connectivity index (χ4n) is 3.31. The Morgan fingerprint density at radius 2 is 1.75 bits per heavy atom. The highest BCUT2D eigenvalue weighted by Gasteiger charge is 2.16. The van der Waals surface area contributed by atoms with Gasteiger partial charge in [-0.1, -0.05) is 13.8 Å². The fraction of sp³-hybridized carbons (Fsp3) is 0.476. The van der Waals surface area contributed by atoms with Crippen LogP contribution in [-0.2, 0) is 7.05 Å². The van der Waals surface area contributed by atoms with E-state index >= 15 is 0 Å². The Kier molecular flexibility index (Phi) is 8.01. The van der Waals surface area contributed by atoms with Gasteiger partial charge >= 0.3 is 5.69 Å². The van der Waals surface area contributed by atoms with Crippen molar-refractivity contribution >= 4 is 17.1 Å². The van der Waals surface area contributed by atoms with Gasteiger partial charge in [0.25, 0.3) is 5.56 Å². The van der Waals surface area contributed by atoms with Crippen molar-refractivity contribution in [2.45, 2.75) is 20.3 Å². The minimum absolute atomic E-state index is 0.00581. The molecule has 1 aromatic carbocycles. The molecule has 3 aromatic rings. The normalized spacial score (nSPS) is 11.4. The lowest BCUT2D eigenvalue weighted by Crippen LogP contribution is -2.38. The van der Waals surface area contributed by atoms with Crippen LogP contribution in [0.3, 0.4) is 0 Å². The third-order valence-corrected chi connectivity index (χ3v) is 5.26. The van der Waals surface area contributed by atoms with Crippen LogP contribution in [0.5, 0.6) is 0 Å². The molecule has 2 aromatic heterocycles. The second-order valence-electron chi connectivity index (χ2n) is 7.32. The number of aromatic nitrogens is 5. The first-order chi connectivity index (χ1) is 15.5. The minimum atomic E-state index is -0.610. The Bertz CT molecular complexity index is 1160. The van der Waals surface area contributed by atoms with Crippen molar-refractivity contribution in [3.05, 3.63) is 50.9 Å². The lowest BCUT2D eigenvalue weighted by atomic mass is 10.3. The Labute approximate surface area is 185 Å². The number of hydrogen-bond acceptors (Lipinski definition) is 8. The molecule has 2 N–H and O–H groups in total. The largest absolute Gasteiger partial charge is 0.353 e. The van der Waals surface area contributed by atoms with Gasteiger partial charge in [-0.2, -0.15) is 0 Å². The quantitative estimate of drug-likeness (QED) is 0.417. The van der Waals surface area contributed by atoms with Gasteiger partial charge in [-0.05, 0) is 50.3 Å². The molecule has 172 valence electrons. The topological polar surface area (TPSA) is 110 Å². The van der Waals surface area contributed by atoms with Crippen molar-refractivity contribution in [1.29, 1.82) is 0 Å². The molecule has 0 spiro atoms. The van der Waals surface area contributed by atoms with E-state index in [0.29, 0.717) is 12.2 Å². The van der Waals surface area contributed by atoms with E-state index in [9.17, 15) is 14.0 Å². The summed E-state index contributed by atoms with van der Waals surface area (Å²) in [5.41, 5.74) is -0.787. The molecule has 10 nitrogen and oxygen atoms in total. The van der Waals surface area contributed by atoms with Crippen LogP contribution in [-0.4, -0.2) is 68.5 Å². The summed E-state index contributed by atoms with van der Waals surface area (Å²) in [5, 5.41) is 14.6. The highest BCUT2D eigenvalue weighted by Crippen LogP contribution is 2.12. The van der Waals surface area contributed by atoms with Gasteiger partial charge in [0.05, 0.1) is 5.69 Å². The molecule has 0 radical (unpaired) electrons. The van der Waals surface area contributed by atoms with Crippen molar-refractivity contribution in [2.75, 3.05) is 44.6 Å². The molecule has 0 aliphatic rings. The predicted octanol–water partition coefficient (Wildman–Crippen LogP) is 0.747. The minimum Gasteiger partial charge on any atom is -0.353 e. The monoisotopic (exact) mass is 444 g/mol. The van der Waals surface area contributed by atoms with Crippen LogP contribution in [0.4, 0.5) is 10.3 Å². The summed E-state index contributed by atoms with van der Waals surface area (Å²) in [6, 6.07) is 5.32. The molecule has 0 bridgehead atoms. The molecular weight excluding hydrogens is 415 g/mol. The average Bonchev–Trinajstić information content (AvgIpc) is 2.81. The maximum Gasteiger partial charge on any atom is 0.337 e. The van der Waals surface area contributed by atoms with E-state index < -0.39 is 17.1 Å². The molecular formula is C21H29FN8O2. The van der Waals surface area contributed by atoms with Crippen LogP contribution in [0.15, 0.2) is 33.9 Å². The molecule has 2 heterocycles. The van der Waals surface area contributed by atoms with Crippen LogP contribution in [0.2, 0.25) is 0 Å². The number of nitrogens with zero attached hydrogens (tertiary/aromatic N) is 6. The van der Waals surface area contributed by atoms with Crippen LogP contribution in [0.1, 0.15) is 20.3 Å². The summed E-state index contributed by atoms with van der Waals surface area (Å²) in [5.74, 6) is -0.226. The number of halogens is 1. The molecule has 0 saturated carbocycles. The van der Waals surface area contributed by atoms with Crippen LogP contribution < -0.4 is 21.9 Å². The Hall–Kier alpha value is -3.18. The van der Waals surface area contributed by atoms with Crippen molar-refractivity contribution in [3.8, 4) is 5.69 Å². The second-order valence-corrected chi connectivity index (χ2v) is 7.32. The smallest absolute Gasteiger partial charge is 0.337 e. The summed E-state index contributed by atoms with van der Waals surface area (Å²) < 4.78 is 15.4. The van der Waals surface area contributed by atoms with E-state index in [1.165, 1.54) is 35.9 Å². The standard InChI is InChI=1S/C21H29FN8O2/c1-4-29(5-2)14-13-23-11-6-12-24-20-25-17-18(26-27-20)30(21(32)28(3)19(17)31)16-9-7-15(22)8-10-16/h7-10,23H,4-6,11-14H2,1-3H3,(H,24,25,27). The molecule has 3 rings (SSSR count). The van der Waals surface area contributed by atoms with Gasteiger partial charge in [0.1, 0.15) is 5.82 Å². The number of rotatable bonds is 11. The third kappa shape index (κ3) is 5.35. The van der Waals surface area contributed by atoms with Crippen LogP contribution in [0.25, 0.3) is 16.9 Å². The van der Waals surface area contributed by atoms with E-state index in [0.717, 1.165) is 43.7 Å². The molecule has 0 amide bonds. The van der Waals surface area contributed by atoms with Gasteiger partial charge in [0.2, 0.25) is 5.95 Å². The Morgan fingerprint density at radius 3 is 2.44 bits per heavy atom. The Morgan fingerprint density at radius 1 is 1.03 bits per heavy atom. The highest BCUT2D eigenvalue weighted by molar-refractivity contribution is 5.71. The van der Waals surface area contributed by atoms with E-state index in [1.807, 2.05) is 0 Å². The predicted molar refractivity (Wildman–Crippen MR) is 122 cm³/mol. The van der Waals surface area contributed by atoms with Crippen molar-refractivity contribution in [3.63, 3.8) is 0 Å². The van der Waals surface area contributed by atoms with Crippen molar-refractivity contribution in [1.82, 2.24) is 34.5 Å². The lowest BCUT2D eigenvalue weighted by molar-refractivity contribution is 0.302. The van der Waals surface area contributed by atoms with Crippen LogP contribution >= 0.6 is 0 Å². The van der Waals surface area contributed by atoms with E-state index in [2.05, 4.69) is 44.6 Å². The summed E-state index contributed by atoms with van der Waals surface area (Å²) in [4.78, 5) is 31.9. The van der Waals surface area contributed by atoms with Gasteiger partial charge in [0.15, 0.2) is 11.2 Å². The first-order valence-corrected chi connectivity index (χ1v) is 10.8. The summed E-state index contributed by atoms with van der Waals surface area (Å²) >= 11 is 0. The van der Waals surface area contributed by atoms with Crippen molar-refractivity contribution < 1.29 is 4.39 Å². The first kappa shape index (κ1) is 23.5. The van der Waals surface area contributed by atoms with E-state index in [4.69, 9.17) is 0 Å². The summed E-state index contributed by atoms with van der Waals surface area (Å²) in [6.07, 6.45) is 0.840. The number of anilines is 1. The molecule has 0 aliphatic carbocycles. The molecule has 0 aliphatic heterocycles. The van der Waals surface area contributed by atoms with Gasteiger partial charge in [0, 0.05) is 26.7 Å². The zero-order valence-corrected chi connectivity index (χ0v) is 18.6. The number of benzene rings is 1. The fourth-order valence-corrected chi connectivity index (χ4v) is 3.31. The zero-order chi connectivity index (χ0) is 23.1. The molecule has 11 heteroatoms. The highest BCUT2D eigenvalue weighted by atomic mass is 19.1. The Balaban J connectivity index is 1.70. The SMILES string of the molecule is CCN(CC)CCNCCCNc1nnc2c(n1)c(=O)n(C)c(=O)n2-c1ccc(F)cc1. The summed E-state index contributed by atoms with van der Waals surface area (Å²) in [7, 11) is 1.36. The van der Waals surface area contributed by atoms with Crippen molar-refractivity contribution in [2.24, 2.45) is 7.05 Å². The van der Waals surface area contributed by atoms with E-state index in [-0.39, 0.29) is 17.1 Å². The molecule has 0 unspecified atom stereocenters. The van der Waals surface area contributed by atoms with E-state index in [1.54, 1.807) is 0 Å². The number of hydrogen-bond donors (Lipinski definition) is 2. The van der Waals surface area contributed by atoms with Gasteiger partial charge < -0.3 is 15.5 Å². The average molecular weight is 445 g/mol. The van der Waals surface area contributed by atoms with Gasteiger partial charge in [-0.15, -0.1) is 10.2 Å². The lowest BCUT2D eigenvalue weighted by Gasteiger charge is -2.17. The first-order valence-electron chi connectivity index (χ1n) is 10.8. The van der Waals surface area contributed by atoms with Gasteiger partial charge in [-0.25, -0.2) is 18.7 Å². The second kappa shape index (κ2) is 10.9. The maximum atomic E-state index is 13.3. The van der Waals surface area contributed by atoms with Gasteiger partial charge in [-0.3, -0.25) is 9.36 Å². The molecule has 0 saturated heterocycles. The molecule has 32 heavy (non-hydrogen) atoms. The third-order valence-electron chi connectivity index (χ3n) is 5.26. The number of nitrogens with one attached hydrogen (secondary N) is 2. The molecule has 0 fully saturated rings. The summed E-state index contributed by atoms with van der Waals surface area (Å²) in [6.45, 7) is 9.75.